The lowest BCUT2D eigenvalue weighted by atomic mass is 9.65. The number of rotatable bonds is 7. The molecule has 0 heterocycles. The Hall–Kier alpha value is -0.640. The van der Waals surface area contributed by atoms with E-state index in [2.05, 4.69) is 5.32 Å². The van der Waals surface area contributed by atoms with Gasteiger partial charge in [-0.05, 0) is 48.4 Å². The first-order valence-electron chi connectivity index (χ1n) is 6.79. The van der Waals surface area contributed by atoms with Crippen LogP contribution in [0.1, 0.15) is 24.8 Å². The molecule has 2 nitrogen and oxygen atoms in total. The molecular weight excluding hydrogens is 265 g/mol. The largest absolute Gasteiger partial charge is 0.383 e. The quantitative estimate of drug-likeness (QED) is 0.775. The van der Waals surface area contributed by atoms with Crippen molar-refractivity contribution in [3.8, 4) is 0 Å². The minimum absolute atomic E-state index is 0.207. The second-order valence-corrected chi connectivity index (χ2v) is 5.84. The molecule has 0 spiro atoms. The average molecular weight is 286 g/mol. The van der Waals surface area contributed by atoms with Crippen LogP contribution in [0.4, 0.5) is 4.39 Å². The molecule has 1 aromatic carbocycles. The third kappa shape index (κ3) is 3.91. The zero-order valence-corrected chi connectivity index (χ0v) is 12.1. The van der Waals surface area contributed by atoms with Gasteiger partial charge in [0.1, 0.15) is 5.82 Å². The molecule has 0 aromatic heterocycles. The van der Waals surface area contributed by atoms with Gasteiger partial charge in [0.2, 0.25) is 0 Å². The van der Waals surface area contributed by atoms with Crippen LogP contribution in [0, 0.1) is 11.2 Å². The van der Waals surface area contributed by atoms with Crippen molar-refractivity contribution in [2.24, 2.45) is 5.41 Å². The molecule has 1 N–H and O–H groups in total. The van der Waals surface area contributed by atoms with Gasteiger partial charge in [0.05, 0.1) is 6.61 Å². The molecule has 4 heteroatoms. The first-order valence-corrected chi connectivity index (χ1v) is 7.17. The summed E-state index contributed by atoms with van der Waals surface area (Å²) < 4.78 is 18.3. The minimum atomic E-state index is -0.207. The van der Waals surface area contributed by atoms with Gasteiger partial charge in [-0.15, -0.1) is 0 Å². The van der Waals surface area contributed by atoms with Crippen LogP contribution in [0.15, 0.2) is 18.2 Å². The molecule has 1 aliphatic rings. The van der Waals surface area contributed by atoms with Crippen molar-refractivity contribution in [2.45, 2.75) is 25.7 Å². The standard InChI is InChI=1S/C15H21ClFNO/c1-19-8-7-18-11-15(5-2-6-15)10-12-9-13(17)3-4-14(12)16/h3-4,9,18H,2,5-8,10-11H2,1H3. The number of ether oxygens (including phenoxy) is 1. The maximum absolute atomic E-state index is 13.3. The fourth-order valence-corrected chi connectivity index (χ4v) is 2.89. The summed E-state index contributed by atoms with van der Waals surface area (Å²) in [5, 5.41) is 4.09. The van der Waals surface area contributed by atoms with Crippen LogP contribution >= 0.6 is 11.6 Å². The monoisotopic (exact) mass is 285 g/mol. The van der Waals surface area contributed by atoms with Crippen molar-refractivity contribution in [1.82, 2.24) is 5.32 Å². The zero-order valence-electron chi connectivity index (χ0n) is 11.3. The van der Waals surface area contributed by atoms with Crippen LogP contribution in [0.25, 0.3) is 0 Å². The van der Waals surface area contributed by atoms with Gasteiger partial charge < -0.3 is 10.1 Å². The van der Waals surface area contributed by atoms with Crippen LogP contribution < -0.4 is 5.32 Å². The minimum Gasteiger partial charge on any atom is -0.383 e. The van der Waals surface area contributed by atoms with Crippen LogP contribution in [-0.4, -0.2) is 26.8 Å². The number of hydrogen-bond donors (Lipinski definition) is 1. The lowest BCUT2D eigenvalue weighted by Gasteiger charge is -2.42. The maximum atomic E-state index is 13.3. The van der Waals surface area contributed by atoms with E-state index in [1.165, 1.54) is 25.3 Å². The summed E-state index contributed by atoms with van der Waals surface area (Å²) in [6.45, 7) is 2.52. The Morgan fingerprint density at radius 2 is 2.21 bits per heavy atom. The van der Waals surface area contributed by atoms with Crippen LogP contribution in [0.3, 0.4) is 0 Å². The Balaban J connectivity index is 1.96. The van der Waals surface area contributed by atoms with Crippen molar-refractivity contribution in [3.05, 3.63) is 34.6 Å². The normalized spacial score (nSPS) is 17.2. The van der Waals surface area contributed by atoms with E-state index in [0.717, 1.165) is 31.7 Å². The summed E-state index contributed by atoms with van der Waals surface area (Å²) in [5.41, 5.74) is 1.17. The van der Waals surface area contributed by atoms with Crippen molar-refractivity contribution in [2.75, 3.05) is 26.8 Å². The topological polar surface area (TPSA) is 21.3 Å². The molecule has 1 aromatic rings. The molecule has 0 bridgehead atoms. The Bertz CT molecular complexity index is 421. The number of nitrogens with one attached hydrogen (secondary N) is 1. The van der Waals surface area contributed by atoms with Gasteiger partial charge in [-0.25, -0.2) is 4.39 Å². The summed E-state index contributed by atoms with van der Waals surface area (Å²) in [6.07, 6.45) is 4.46. The summed E-state index contributed by atoms with van der Waals surface area (Å²) in [5.74, 6) is -0.207. The summed E-state index contributed by atoms with van der Waals surface area (Å²) in [4.78, 5) is 0. The average Bonchev–Trinajstić information content (AvgIpc) is 2.35. The molecule has 1 fully saturated rings. The smallest absolute Gasteiger partial charge is 0.123 e. The Morgan fingerprint density at radius 1 is 1.42 bits per heavy atom. The van der Waals surface area contributed by atoms with E-state index in [4.69, 9.17) is 16.3 Å². The Morgan fingerprint density at radius 3 is 2.84 bits per heavy atom. The predicted molar refractivity (Wildman–Crippen MR) is 76.1 cm³/mol. The highest BCUT2D eigenvalue weighted by molar-refractivity contribution is 6.31. The van der Waals surface area contributed by atoms with Gasteiger partial charge in [0.15, 0.2) is 0 Å². The second kappa shape index (κ2) is 6.69. The van der Waals surface area contributed by atoms with Crippen molar-refractivity contribution in [1.29, 1.82) is 0 Å². The number of methoxy groups -OCH3 is 1. The molecule has 19 heavy (non-hydrogen) atoms. The van der Waals surface area contributed by atoms with Crippen LogP contribution in [0.2, 0.25) is 5.02 Å². The SMILES string of the molecule is COCCNCC1(Cc2cc(F)ccc2Cl)CCC1. The Labute approximate surface area is 119 Å². The number of hydrogen-bond acceptors (Lipinski definition) is 2. The summed E-state index contributed by atoms with van der Waals surface area (Å²) in [6, 6.07) is 4.63. The van der Waals surface area contributed by atoms with Gasteiger partial charge >= 0.3 is 0 Å². The molecule has 1 aliphatic carbocycles. The van der Waals surface area contributed by atoms with Gasteiger partial charge in [-0.3, -0.25) is 0 Å². The van der Waals surface area contributed by atoms with Gasteiger partial charge in [0.25, 0.3) is 0 Å². The van der Waals surface area contributed by atoms with Crippen LogP contribution in [0.5, 0.6) is 0 Å². The highest BCUT2D eigenvalue weighted by Gasteiger charge is 2.37. The zero-order chi connectivity index (χ0) is 13.7. The molecule has 0 amide bonds. The third-order valence-electron chi connectivity index (χ3n) is 3.97. The third-order valence-corrected chi connectivity index (χ3v) is 4.34. The van der Waals surface area contributed by atoms with Crippen LogP contribution in [-0.2, 0) is 11.2 Å². The summed E-state index contributed by atoms with van der Waals surface area (Å²) >= 11 is 6.16. The van der Waals surface area contributed by atoms with E-state index < -0.39 is 0 Å². The van der Waals surface area contributed by atoms with E-state index in [-0.39, 0.29) is 11.2 Å². The van der Waals surface area contributed by atoms with E-state index in [1.807, 2.05) is 0 Å². The molecule has 0 radical (unpaired) electrons. The summed E-state index contributed by atoms with van der Waals surface area (Å²) in [7, 11) is 1.70. The second-order valence-electron chi connectivity index (χ2n) is 5.44. The van der Waals surface area contributed by atoms with E-state index in [9.17, 15) is 4.39 Å². The number of benzene rings is 1. The van der Waals surface area contributed by atoms with Crippen molar-refractivity contribution >= 4 is 11.6 Å². The van der Waals surface area contributed by atoms with Gasteiger partial charge in [-0.1, -0.05) is 18.0 Å². The van der Waals surface area contributed by atoms with E-state index in [1.54, 1.807) is 19.2 Å². The van der Waals surface area contributed by atoms with Crippen molar-refractivity contribution < 1.29 is 9.13 Å². The van der Waals surface area contributed by atoms with E-state index >= 15 is 0 Å². The fraction of sp³-hybridized carbons (Fsp3) is 0.600. The van der Waals surface area contributed by atoms with Crippen molar-refractivity contribution in [3.63, 3.8) is 0 Å². The molecule has 0 saturated heterocycles. The number of halogens is 2. The first kappa shape index (κ1) is 14.8. The molecule has 2 rings (SSSR count). The molecular formula is C15H21ClFNO. The van der Waals surface area contributed by atoms with E-state index in [0.29, 0.717) is 5.02 Å². The molecule has 0 aliphatic heterocycles. The van der Waals surface area contributed by atoms with Gasteiger partial charge in [-0.2, -0.15) is 0 Å². The van der Waals surface area contributed by atoms with Gasteiger partial charge in [0, 0.05) is 25.2 Å². The molecule has 1 saturated carbocycles. The first-order chi connectivity index (χ1) is 9.15. The molecule has 0 unspecified atom stereocenters. The molecule has 106 valence electrons. The maximum Gasteiger partial charge on any atom is 0.123 e. The highest BCUT2D eigenvalue weighted by Crippen LogP contribution is 2.44. The fourth-order valence-electron chi connectivity index (χ4n) is 2.70. The Kier molecular flexibility index (Phi) is 5.20. The predicted octanol–water partition coefficient (Wildman–Crippen LogP) is 3.43. The lowest BCUT2D eigenvalue weighted by Crippen LogP contribution is -2.42. The highest BCUT2D eigenvalue weighted by atomic mass is 35.5. The molecule has 0 atom stereocenters. The lowest BCUT2D eigenvalue weighted by molar-refractivity contribution is 0.123.